The lowest BCUT2D eigenvalue weighted by molar-refractivity contribution is 0.0943. The molecule has 1 aliphatic heterocycles. The maximum absolute atomic E-state index is 12.4. The predicted molar refractivity (Wildman–Crippen MR) is 99.9 cm³/mol. The Hall–Kier alpha value is -2.73. The van der Waals surface area contributed by atoms with Crippen LogP contribution < -0.4 is 5.32 Å². The average Bonchev–Trinajstić information content (AvgIpc) is 3.28. The lowest BCUT2D eigenvalue weighted by atomic mass is 10.1. The molecule has 26 heavy (non-hydrogen) atoms. The van der Waals surface area contributed by atoms with Gasteiger partial charge in [0.05, 0.1) is 0 Å². The zero-order valence-corrected chi connectivity index (χ0v) is 14.9. The Morgan fingerprint density at radius 3 is 3.04 bits per heavy atom. The van der Waals surface area contributed by atoms with Crippen molar-refractivity contribution in [3.63, 3.8) is 0 Å². The minimum atomic E-state index is -0.132. The molecular weight excluding hydrogens is 326 g/mol. The van der Waals surface area contributed by atoms with Gasteiger partial charge in [0, 0.05) is 38.2 Å². The van der Waals surface area contributed by atoms with Crippen molar-refractivity contribution >= 4 is 11.7 Å². The van der Waals surface area contributed by atoms with Crippen LogP contribution in [-0.2, 0) is 6.54 Å². The third-order valence-corrected chi connectivity index (χ3v) is 5.04. The van der Waals surface area contributed by atoms with E-state index in [2.05, 4.69) is 51.4 Å². The number of carbonyl (C=O) groups excluding carboxylic acids is 1. The van der Waals surface area contributed by atoms with Crippen molar-refractivity contribution in [3.8, 4) is 0 Å². The van der Waals surface area contributed by atoms with Crippen molar-refractivity contribution in [2.75, 3.05) is 19.6 Å². The smallest absolute Gasteiger partial charge is 0.271 e. The van der Waals surface area contributed by atoms with E-state index in [1.54, 1.807) is 16.8 Å². The third kappa shape index (κ3) is 3.60. The molecule has 3 aromatic rings. The minimum Gasteiger partial charge on any atom is -0.350 e. The summed E-state index contributed by atoms with van der Waals surface area (Å²) in [7, 11) is 0. The Kier molecular flexibility index (Phi) is 4.67. The van der Waals surface area contributed by atoms with E-state index in [4.69, 9.17) is 0 Å². The summed E-state index contributed by atoms with van der Waals surface area (Å²) in [6, 6.07) is 10.3. The third-order valence-electron chi connectivity index (χ3n) is 5.04. The highest BCUT2D eigenvalue weighted by Crippen LogP contribution is 2.19. The summed E-state index contributed by atoms with van der Waals surface area (Å²) in [6.45, 7) is 5.92. The number of aryl methyl sites for hydroxylation is 1. The van der Waals surface area contributed by atoms with Crippen LogP contribution in [0.15, 0.2) is 48.9 Å². The zero-order valence-electron chi connectivity index (χ0n) is 14.9. The Morgan fingerprint density at radius 1 is 1.31 bits per heavy atom. The molecule has 0 bridgehead atoms. The van der Waals surface area contributed by atoms with Gasteiger partial charge in [0.25, 0.3) is 5.91 Å². The number of carbonyl (C=O) groups is 1. The van der Waals surface area contributed by atoms with Gasteiger partial charge in [-0.15, -0.1) is 0 Å². The molecule has 0 spiro atoms. The minimum absolute atomic E-state index is 0.132. The summed E-state index contributed by atoms with van der Waals surface area (Å²) in [6.07, 6.45) is 6.34. The molecule has 6 nitrogen and oxygen atoms in total. The van der Waals surface area contributed by atoms with Crippen LogP contribution in [0.3, 0.4) is 0 Å². The number of likely N-dealkylation sites (tertiary alicyclic amines) is 1. The molecule has 1 fully saturated rings. The average molecular weight is 349 g/mol. The first-order chi connectivity index (χ1) is 12.7. The number of benzene rings is 1. The molecule has 1 atom stereocenters. The van der Waals surface area contributed by atoms with Crippen LogP contribution in [0.2, 0.25) is 0 Å². The lowest BCUT2D eigenvalue weighted by Gasteiger charge is -2.17. The van der Waals surface area contributed by atoms with E-state index in [1.165, 1.54) is 11.1 Å². The Bertz CT molecular complexity index is 886. The number of hydrogen-bond acceptors (Lipinski definition) is 4. The van der Waals surface area contributed by atoms with Crippen molar-refractivity contribution in [1.82, 2.24) is 24.6 Å². The highest BCUT2D eigenvalue weighted by atomic mass is 16.1. The van der Waals surface area contributed by atoms with Crippen molar-refractivity contribution in [2.45, 2.75) is 19.9 Å². The summed E-state index contributed by atoms with van der Waals surface area (Å²) >= 11 is 0. The second kappa shape index (κ2) is 7.25. The van der Waals surface area contributed by atoms with Gasteiger partial charge in [0.15, 0.2) is 0 Å². The van der Waals surface area contributed by atoms with Crippen molar-refractivity contribution in [2.24, 2.45) is 5.92 Å². The fourth-order valence-electron chi connectivity index (χ4n) is 3.52. The molecule has 4 rings (SSSR count). The summed E-state index contributed by atoms with van der Waals surface area (Å²) in [4.78, 5) is 23.2. The fourth-order valence-corrected chi connectivity index (χ4v) is 3.52. The number of fused-ring (bicyclic) bond motifs is 1. The molecule has 0 aliphatic carbocycles. The van der Waals surface area contributed by atoms with E-state index in [0.29, 0.717) is 23.9 Å². The SMILES string of the molecule is Cc1ccccc1CN1CC[C@@H](CNC(=O)c2cn3cccnc3n2)C1. The van der Waals surface area contributed by atoms with Crippen molar-refractivity contribution in [1.29, 1.82) is 0 Å². The number of imidazole rings is 1. The topological polar surface area (TPSA) is 62.5 Å². The summed E-state index contributed by atoms with van der Waals surface area (Å²) in [5, 5.41) is 3.03. The first kappa shape index (κ1) is 16.7. The molecule has 1 aliphatic rings. The van der Waals surface area contributed by atoms with Gasteiger partial charge in [-0.1, -0.05) is 24.3 Å². The van der Waals surface area contributed by atoms with Crippen LogP contribution in [0, 0.1) is 12.8 Å². The predicted octanol–water partition coefficient (Wildman–Crippen LogP) is 2.29. The number of nitrogens with zero attached hydrogens (tertiary/aromatic N) is 4. The number of rotatable bonds is 5. The Labute approximate surface area is 152 Å². The second-order valence-corrected chi connectivity index (χ2v) is 6.98. The standard InChI is InChI=1S/C20H23N5O/c1-15-5-2-3-6-17(15)13-24-10-7-16(12-24)11-22-19(26)18-14-25-9-4-8-21-20(25)23-18/h2-6,8-9,14,16H,7,10-13H2,1H3,(H,22,26)/t16-/m0/s1. The number of hydrogen-bond donors (Lipinski definition) is 1. The maximum Gasteiger partial charge on any atom is 0.271 e. The van der Waals surface area contributed by atoms with Gasteiger partial charge in [-0.2, -0.15) is 0 Å². The molecule has 3 heterocycles. The van der Waals surface area contributed by atoms with Gasteiger partial charge < -0.3 is 5.32 Å². The number of amides is 1. The molecule has 134 valence electrons. The van der Waals surface area contributed by atoms with Crippen molar-refractivity contribution < 1.29 is 4.79 Å². The first-order valence-electron chi connectivity index (χ1n) is 9.04. The van der Waals surface area contributed by atoms with Crippen LogP contribution >= 0.6 is 0 Å². The summed E-state index contributed by atoms with van der Waals surface area (Å²) < 4.78 is 1.76. The molecule has 0 saturated carbocycles. The van der Waals surface area contributed by atoms with Gasteiger partial charge >= 0.3 is 0 Å². The highest BCUT2D eigenvalue weighted by Gasteiger charge is 2.23. The Morgan fingerprint density at radius 2 is 2.19 bits per heavy atom. The van der Waals surface area contributed by atoms with E-state index in [-0.39, 0.29) is 5.91 Å². The summed E-state index contributed by atoms with van der Waals surface area (Å²) in [5.41, 5.74) is 3.14. The zero-order chi connectivity index (χ0) is 17.9. The number of nitrogens with one attached hydrogen (secondary N) is 1. The first-order valence-corrected chi connectivity index (χ1v) is 9.04. The lowest BCUT2D eigenvalue weighted by Crippen LogP contribution is -2.31. The normalized spacial score (nSPS) is 17.7. The van der Waals surface area contributed by atoms with Crippen LogP contribution in [-0.4, -0.2) is 44.8 Å². The van der Waals surface area contributed by atoms with E-state index in [1.807, 2.05) is 12.3 Å². The molecule has 0 unspecified atom stereocenters. The molecule has 1 aromatic carbocycles. The Balaban J connectivity index is 1.30. The largest absolute Gasteiger partial charge is 0.350 e. The molecular formula is C20H23N5O. The van der Waals surface area contributed by atoms with E-state index in [0.717, 1.165) is 26.1 Å². The quantitative estimate of drug-likeness (QED) is 0.768. The maximum atomic E-state index is 12.4. The van der Waals surface area contributed by atoms with E-state index >= 15 is 0 Å². The van der Waals surface area contributed by atoms with Crippen LogP contribution in [0.4, 0.5) is 0 Å². The summed E-state index contributed by atoms with van der Waals surface area (Å²) in [5.74, 6) is 0.897. The van der Waals surface area contributed by atoms with Gasteiger partial charge in [0.2, 0.25) is 5.78 Å². The molecule has 1 amide bonds. The van der Waals surface area contributed by atoms with Gasteiger partial charge in [-0.05, 0) is 43.0 Å². The van der Waals surface area contributed by atoms with E-state index < -0.39 is 0 Å². The highest BCUT2D eigenvalue weighted by molar-refractivity contribution is 5.92. The van der Waals surface area contributed by atoms with Gasteiger partial charge in [-0.25, -0.2) is 9.97 Å². The fraction of sp³-hybridized carbons (Fsp3) is 0.350. The van der Waals surface area contributed by atoms with Crippen LogP contribution in [0.5, 0.6) is 0 Å². The molecule has 1 saturated heterocycles. The molecule has 1 N–H and O–H groups in total. The van der Waals surface area contributed by atoms with E-state index in [9.17, 15) is 4.79 Å². The molecule has 2 aromatic heterocycles. The van der Waals surface area contributed by atoms with Crippen LogP contribution in [0.25, 0.3) is 5.78 Å². The van der Waals surface area contributed by atoms with Gasteiger partial charge in [-0.3, -0.25) is 14.1 Å². The van der Waals surface area contributed by atoms with Gasteiger partial charge in [0.1, 0.15) is 5.69 Å². The second-order valence-electron chi connectivity index (χ2n) is 6.98. The molecule has 0 radical (unpaired) electrons. The van der Waals surface area contributed by atoms with Crippen LogP contribution in [0.1, 0.15) is 28.0 Å². The monoisotopic (exact) mass is 349 g/mol. The molecule has 6 heteroatoms. The van der Waals surface area contributed by atoms with Crippen molar-refractivity contribution in [3.05, 3.63) is 65.7 Å². The number of aromatic nitrogens is 3.